The number of halogens is 1. The van der Waals surface area contributed by atoms with Crippen molar-refractivity contribution < 1.29 is 5.11 Å². The van der Waals surface area contributed by atoms with Crippen LogP contribution in [-0.4, -0.2) is 33.5 Å². The van der Waals surface area contributed by atoms with Gasteiger partial charge in [-0.2, -0.15) is 0 Å². The van der Waals surface area contributed by atoms with Crippen molar-refractivity contribution in [2.75, 3.05) is 18.5 Å². The molecule has 2 N–H and O–H groups in total. The summed E-state index contributed by atoms with van der Waals surface area (Å²) in [6, 6.07) is 0. The molecule has 1 heterocycles. The summed E-state index contributed by atoms with van der Waals surface area (Å²) >= 11 is 7.56. The van der Waals surface area contributed by atoms with Gasteiger partial charge in [0.2, 0.25) is 5.95 Å². The van der Waals surface area contributed by atoms with Crippen LogP contribution in [0, 0.1) is 0 Å². The first-order valence-electron chi connectivity index (χ1n) is 5.21. The van der Waals surface area contributed by atoms with E-state index in [1.807, 2.05) is 13.8 Å². The van der Waals surface area contributed by atoms with Crippen molar-refractivity contribution in [3.8, 4) is 0 Å². The van der Waals surface area contributed by atoms with Crippen LogP contribution in [0.15, 0.2) is 11.2 Å². The molecule has 0 fully saturated rings. The molecule has 0 amide bonds. The summed E-state index contributed by atoms with van der Waals surface area (Å²) in [6.45, 7) is 4.97. The van der Waals surface area contributed by atoms with Crippen molar-refractivity contribution in [3.05, 3.63) is 11.2 Å². The van der Waals surface area contributed by atoms with Gasteiger partial charge >= 0.3 is 0 Å². The fraction of sp³-hybridized carbons (Fsp3) is 0.600. The summed E-state index contributed by atoms with van der Waals surface area (Å²) in [5.41, 5.74) is 0. The molecule has 0 aliphatic rings. The highest BCUT2D eigenvalue weighted by Crippen LogP contribution is 2.29. The number of hydrogen-bond donors (Lipinski definition) is 2. The predicted octanol–water partition coefficient (Wildman–Crippen LogP) is 2.42. The van der Waals surface area contributed by atoms with Gasteiger partial charge < -0.3 is 10.4 Å². The van der Waals surface area contributed by atoms with Crippen molar-refractivity contribution in [2.24, 2.45) is 0 Å². The van der Waals surface area contributed by atoms with E-state index in [2.05, 4.69) is 15.3 Å². The Morgan fingerprint density at radius 1 is 1.62 bits per heavy atom. The molecule has 1 aromatic rings. The smallest absolute Gasteiger partial charge is 0.223 e. The Morgan fingerprint density at radius 2 is 2.38 bits per heavy atom. The molecule has 6 heteroatoms. The number of hydrogen-bond acceptors (Lipinski definition) is 5. The Kier molecular flexibility index (Phi) is 5.87. The number of thioether (sulfide) groups is 1. The fourth-order valence-electron chi connectivity index (χ4n) is 1.11. The Labute approximate surface area is 105 Å². The zero-order chi connectivity index (χ0) is 12.0. The third kappa shape index (κ3) is 4.15. The molecule has 0 bridgehead atoms. The van der Waals surface area contributed by atoms with Gasteiger partial charge in [-0.1, -0.05) is 18.5 Å². The number of aliphatic hydroxyl groups is 1. The molecule has 90 valence electrons. The summed E-state index contributed by atoms with van der Waals surface area (Å²) in [4.78, 5) is 8.38. The Morgan fingerprint density at radius 3 is 3.00 bits per heavy atom. The van der Waals surface area contributed by atoms with Crippen LogP contribution in [0.25, 0.3) is 0 Å². The van der Waals surface area contributed by atoms with Gasteiger partial charge in [0.05, 0.1) is 11.2 Å². The van der Waals surface area contributed by atoms with Gasteiger partial charge in [0, 0.05) is 18.4 Å². The highest BCUT2D eigenvalue weighted by molar-refractivity contribution is 7.99. The van der Waals surface area contributed by atoms with Crippen LogP contribution < -0.4 is 5.32 Å². The first-order chi connectivity index (χ1) is 7.67. The van der Waals surface area contributed by atoms with Gasteiger partial charge in [0.25, 0.3) is 0 Å². The lowest BCUT2D eigenvalue weighted by atomic mass is 10.3. The van der Waals surface area contributed by atoms with Gasteiger partial charge in [-0.15, -0.1) is 11.8 Å². The highest BCUT2D eigenvalue weighted by Gasteiger charge is 2.10. The van der Waals surface area contributed by atoms with E-state index in [1.54, 1.807) is 18.0 Å². The molecule has 0 spiro atoms. The van der Waals surface area contributed by atoms with Crippen LogP contribution in [0.3, 0.4) is 0 Å². The lowest BCUT2D eigenvalue weighted by molar-refractivity contribution is 0.289. The third-order valence-corrected chi connectivity index (χ3v) is 3.46. The van der Waals surface area contributed by atoms with Crippen LogP contribution >= 0.6 is 23.4 Å². The van der Waals surface area contributed by atoms with E-state index in [0.29, 0.717) is 11.0 Å². The van der Waals surface area contributed by atoms with Crippen LogP contribution in [0.5, 0.6) is 0 Å². The number of anilines is 1. The van der Waals surface area contributed by atoms with E-state index in [1.165, 1.54) is 0 Å². The number of nitrogens with one attached hydrogen (secondary N) is 1. The molecular formula is C10H16ClN3OS. The van der Waals surface area contributed by atoms with Crippen molar-refractivity contribution in [1.29, 1.82) is 0 Å². The summed E-state index contributed by atoms with van der Waals surface area (Å²) in [5.74, 6) is 0.589. The number of aliphatic hydroxyl groups excluding tert-OH is 1. The maximum atomic E-state index is 8.83. The van der Waals surface area contributed by atoms with E-state index in [-0.39, 0.29) is 11.9 Å². The SMILES string of the molecule is CCNc1ncc(Cl)c(SC(C)CCO)n1. The van der Waals surface area contributed by atoms with E-state index >= 15 is 0 Å². The average molecular weight is 262 g/mol. The average Bonchev–Trinajstić information content (AvgIpc) is 2.24. The second kappa shape index (κ2) is 6.93. The zero-order valence-corrected chi connectivity index (χ0v) is 11.0. The maximum absolute atomic E-state index is 8.83. The summed E-state index contributed by atoms with van der Waals surface area (Å²) in [5, 5.41) is 13.5. The number of aromatic nitrogens is 2. The van der Waals surface area contributed by atoms with E-state index < -0.39 is 0 Å². The van der Waals surface area contributed by atoms with Gasteiger partial charge in [0.15, 0.2) is 0 Å². The molecule has 0 aliphatic carbocycles. The standard InChI is InChI=1S/C10H16ClN3OS/c1-3-12-10-13-6-8(11)9(14-10)16-7(2)4-5-15/h6-7,15H,3-5H2,1-2H3,(H,12,13,14). The maximum Gasteiger partial charge on any atom is 0.223 e. The molecule has 16 heavy (non-hydrogen) atoms. The Balaban J connectivity index is 2.73. The topological polar surface area (TPSA) is 58.0 Å². The molecule has 1 rings (SSSR count). The van der Waals surface area contributed by atoms with E-state index in [0.717, 1.165) is 18.0 Å². The second-order valence-corrected chi connectivity index (χ2v) is 5.15. The quantitative estimate of drug-likeness (QED) is 0.608. The highest BCUT2D eigenvalue weighted by atomic mass is 35.5. The Bertz CT molecular complexity index is 338. The largest absolute Gasteiger partial charge is 0.396 e. The summed E-state index contributed by atoms with van der Waals surface area (Å²) in [7, 11) is 0. The monoisotopic (exact) mass is 261 g/mol. The van der Waals surface area contributed by atoms with E-state index in [9.17, 15) is 0 Å². The number of rotatable bonds is 6. The van der Waals surface area contributed by atoms with Gasteiger partial charge in [-0.05, 0) is 13.3 Å². The second-order valence-electron chi connectivity index (χ2n) is 3.32. The van der Waals surface area contributed by atoms with Crippen LogP contribution in [-0.2, 0) is 0 Å². The molecule has 4 nitrogen and oxygen atoms in total. The Hall–Kier alpha value is -0.520. The lowest BCUT2D eigenvalue weighted by Crippen LogP contribution is -2.04. The molecule has 0 saturated carbocycles. The van der Waals surface area contributed by atoms with Crippen molar-refractivity contribution in [2.45, 2.75) is 30.5 Å². The third-order valence-electron chi connectivity index (χ3n) is 1.90. The molecule has 0 aromatic carbocycles. The first kappa shape index (κ1) is 13.5. The van der Waals surface area contributed by atoms with Crippen molar-refractivity contribution in [3.63, 3.8) is 0 Å². The van der Waals surface area contributed by atoms with Crippen LogP contribution in [0.2, 0.25) is 5.02 Å². The molecule has 1 aromatic heterocycles. The minimum absolute atomic E-state index is 0.178. The van der Waals surface area contributed by atoms with E-state index in [4.69, 9.17) is 16.7 Å². The molecular weight excluding hydrogens is 246 g/mol. The summed E-state index contributed by atoms with van der Waals surface area (Å²) in [6.07, 6.45) is 2.32. The van der Waals surface area contributed by atoms with Crippen molar-refractivity contribution >= 4 is 29.3 Å². The molecule has 0 radical (unpaired) electrons. The minimum Gasteiger partial charge on any atom is -0.396 e. The lowest BCUT2D eigenvalue weighted by Gasteiger charge is -2.10. The molecule has 1 unspecified atom stereocenters. The fourth-order valence-corrected chi connectivity index (χ4v) is 2.24. The zero-order valence-electron chi connectivity index (χ0n) is 9.40. The molecule has 0 aliphatic heterocycles. The first-order valence-corrected chi connectivity index (χ1v) is 6.47. The van der Waals surface area contributed by atoms with Gasteiger partial charge in [-0.25, -0.2) is 9.97 Å². The van der Waals surface area contributed by atoms with Gasteiger partial charge in [-0.3, -0.25) is 0 Å². The van der Waals surface area contributed by atoms with Crippen LogP contribution in [0.4, 0.5) is 5.95 Å². The normalized spacial score (nSPS) is 12.5. The molecule has 1 atom stereocenters. The molecule has 0 saturated heterocycles. The van der Waals surface area contributed by atoms with Crippen LogP contribution in [0.1, 0.15) is 20.3 Å². The van der Waals surface area contributed by atoms with Gasteiger partial charge in [0.1, 0.15) is 5.03 Å². The minimum atomic E-state index is 0.178. The number of nitrogens with zero attached hydrogens (tertiary/aromatic N) is 2. The predicted molar refractivity (Wildman–Crippen MR) is 68.2 cm³/mol. The van der Waals surface area contributed by atoms with Crippen molar-refractivity contribution in [1.82, 2.24) is 9.97 Å². The summed E-state index contributed by atoms with van der Waals surface area (Å²) < 4.78 is 0.